The van der Waals surface area contributed by atoms with Crippen molar-refractivity contribution in [2.24, 2.45) is 0 Å². The van der Waals surface area contributed by atoms with E-state index in [1.807, 2.05) is 31.2 Å². The Balaban J connectivity index is 2.36. The van der Waals surface area contributed by atoms with Gasteiger partial charge in [0, 0.05) is 15.9 Å². The van der Waals surface area contributed by atoms with E-state index in [0.29, 0.717) is 12.2 Å². The molecule has 0 saturated heterocycles. The molecule has 0 fully saturated rings. The fourth-order valence-electron chi connectivity index (χ4n) is 1.27. The molecule has 0 heterocycles. The molecule has 0 saturated carbocycles. The summed E-state index contributed by atoms with van der Waals surface area (Å²) in [5, 5.41) is 2.61. The van der Waals surface area contributed by atoms with Gasteiger partial charge in [-0.15, -0.1) is 11.8 Å². The standard InChI is InChI=1S/C13H16BrNO3S/c1-9(19-8-7-12(16)18-2)13(17)15-11-5-3-10(14)4-6-11/h3-6,9H,7-8H2,1-2H3,(H,15,17)/t9-/m1/s1. The van der Waals surface area contributed by atoms with Crippen molar-refractivity contribution in [3.05, 3.63) is 28.7 Å². The van der Waals surface area contributed by atoms with E-state index in [9.17, 15) is 9.59 Å². The lowest BCUT2D eigenvalue weighted by Crippen LogP contribution is -2.23. The third kappa shape index (κ3) is 6.11. The van der Waals surface area contributed by atoms with Crippen molar-refractivity contribution in [2.45, 2.75) is 18.6 Å². The van der Waals surface area contributed by atoms with Crippen LogP contribution in [0.2, 0.25) is 0 Å². The van der Waals surface area contributed by atoms with E-state index in [-0.39, 0.29) is 17.1 Å². The molecule has 1 N–H and O–H groups in total. The Morgan fingerprint density at radius 2 is 2.00 bits per heavy atom. The molecule has 0 aliphatic carbocycles. The number of halogens is 1. The van der Waals surface area contributed by atoms with Gasteiger partial charge in [0.05, 0.1) is 18.8 Å². The number of hydrogen-bond acceptors (Lipinski definition) is 4. The van der Waals surface area contributed by atoms with Crippen molar-refractivity contribution in [3.63, 3.8) is 0 Å². The molecule has 0 bridgehead atoms. The van der Waals surface area contributed by atoms with Crippen molar-refractivity contribution < 1.29 is 14.3 Å². The number of hydrogen-bond donors (Lipinski definition) is 1. The molecule has 0 spiro atoms. The molecular weight excluding hydrogens is 330 g/mol. The topological polar surface area (TPSA) is 55.4 Å². The van der Waals surface area contributed by atoms with Crippen LogP contribution in [0.25, 0.3) is 0 Å². The highest BCUT2D eigenvalue weighted by Crippen LogP contribution is 2.17. The Hall–Kier alpha value is -1.01. The number of amides is 1. The Morgan fingerprint density at radius 1 is 1.37 bits per heavy atom. The third-order valence-corrected chi connectivity index (χ3v) is 4.07. The summed E-state index contributed by atoms with van der Waals surface area (Å²) in [5.74, 6) is 0.243. The number of carbonyl (C=O) groups excluding carboxylic acids is 2. The highest BCUT2D eigenvalue weighted by atomic mass is 79.9. The number of benzene rings is 1. The van der Waals surface area contributed by atoms with E-state index in [4.69, 9.17) is 0 Å². The van der Waals surface area contributed by atoms with Gasteiger partial charge in [-0.25, -0.2) is 0 Å². The molecule has 1 aromatic carbocycles. The maximum atomic E-state index is 11.9. The molecule has 19 heavy (non-hydrogen) atoms. The molecule has 0 aliphatic heterocycles. The molecule has 104 valence electrons. The normalized spacial score (nSPS) is 11.7. The van der Waals surface area contributed by atoms with E-state index in [0.717, 1.165) is 10.2 Å². The van der Waals surface area contributed by atoms with E-state index in [1.54, 1.807) is 0 Å². The number of rotatable bonds is 6. The largest absolute Gasteiger partial charge is 0.469 e. The fraction of sp³-hybridized carbons (Fsp3) is 0.385. The van der Waals surface area contributed by atoms with Crippen molar-refractivity contribution in [3.8, 4) is 0 Å². The zero-order valence-electron chi connectivity index (χ0n) is 10.8. The monoisotopic (exact) mass is 345 g/mol. The van der Waals surface area contributed by atoms with Crippen LogP contribution in [0.1, 0.15) is 13.3 Å². The van der Waals surface area contributed by atoms with Gasteiger partial charge >= 0.3 is 5.97 Å². The lowest BCUT2D eigenvalue weighted by atomic mass is 10.3. The molecule has 0 radical (unpaired) electrons. The van der Waals surface area contributed by atoms with Crippen LogP contribution in [0.4, 0.5) is 5.69 Å². The summed E-state index contributed by atoms with van der Waals surface area (Å²) in [7, 11) is 1.36. The minimum absolute atomic E-state index is 0.0720. The molecular formula is C13H16BrNO3S. The summed E-state index contributed by atoms with van der Waals surface area (Å²) in [6.45, 7) is 1.82. The zero-order chi connectivity index (χ0) is 14.3. The summed E-state index contributed by atoms with van der Waals surface area (Å²) in [4.78, 5) is 22.8. The summed E-state index contributed by atoms with van der Waals surface area (Å²) < 4.78 is 5.51. The Morgan fingerprint density at radius 3 is 2.58 bits per heavy atom. The van der Waals surface area contributed by atoms with Gasteiger partial charge in [-0.1, -0.05) is 15.9 Å². The summed E-state index contributed by atoms with van der Waals surface area (Å²) in [5.41, 5.74) is 0.758. The van der Waals surface area contributed by atoms with E-state index in [1.165, 1.54) is 18.9 Å². The van der Waals surface area contributed by atoms with E-state index >= 15 is 0 Å². The van der Waals surface area contributed by atoms with Gasteiger partial charge in [-0.3, -0.25) is 9.59 Å². The molecule has 6 heteroatoms. The lowest BCUT2D eigenvalue weighted by molar-refractivity contribution is -0.140. The SMILES string of the molecule is COC(=O)CCS[C@H](C)C(=O)Nc1ccc(Br)cc1. The van der Waals surface area contributed by atoms with E-state index < -0.39 is 0 Å². The van der Waals surface area contributed by atoms with Crippen LogP contribution in [0.3, 0.4) is 0 Å². The van der Waals surface area contributed by atoms with Crippen molar-refractivity contribution in [2.75, 3.05) is 18.2 Å². The van der Waals surface area contributed by atoms with Crippen molar-refractivity contribution in [1.29, 1.82) is 0 Å². The van der Waals surface area contributed by atoms with Crippen LogP contribution < -0.4 is 5.32 Å². The molecule has 1 aromatic rings. The molecule has 1 amide bonds. The van der Waals surface area contributed by atoms with Gasteiger partial charge in [-0.05, 0) is 31.2 Å². The molecule has 4 nitrogen and oxygen atoms in total. The van der Waals surface area contributed by atoms with Crippen LogP contribution >= 0.6 is 27.7 Å². The minimum atomic E-state index is -0.256. The smallest absolute Gasteiger partial charge is 0.306 e. The van der Waals surface area contributed by atoms with Crippen molar-refractivity contribution >= 4 is 45.3 Å². The van der Waals surface area contributed by atoms with E-state index in [2.05, 4.69) is 26.0 Å². The van der Waals surface area contributed by atoms with Gasteiger partial charge in [-0.2, -0.15) is 0 Å². The zero-order valence-corrected chi connectivity index (χ0v) is 13.2. The van der Waals surface area contributed by atoms with Crippen LogP contribution in [-0.2, 0) is 14.3 Å². The van der Waals surface area contributed by atoms with Gasteiger partial charge in [0.1, 0.15) is 0 Å². The third-order valence-electron chi connectivity index (χ3n) is 2.38. The predicted octanol–water partition coefficient (Wildman–Crippen LogP) is 3.07. The van der Waals surface area contributed by atoms with Crippen LogP contribution in [0.5, 0.6) is 0 Å². The average molecular weight is 346 g/mol. The Bertz CT molecular complexity index is 436. The second-order valence-corrected chi connectivity index (χ2v) is 6.20. The fourth-order valence-corrected chi connectivity index (χ4v) is 2.39. The second-order valence-electron chi connectivity index (χ2n) is 3.84. The number of nitrogens with one attached hydrogen (secondary N) is 1. The first-order chi connectivity index (χ1) is 9.02. The summed E-state index contributed by atoms with van der Waals surface area (Å²) >= 11 is 4.76. The number of ether oxygens (including phenoxy) is 1. The quantitative estimate of drug-likeness (QED) is 0.805. The maximum absolute atomic E-state index is 11.9. The Labute approximate surface area is 125 Å². The molecule has 1 rings (SSSR count). The van der Waals surface area contributed by atoms with Gasteiger partial charge in [0.25, 0.3) is 0 Å². The van der Waals surface area contributed by atoms with Gasteiger partial charge in [0.15, 0.2) is 0 Å². The first-order valence-corrected chi connectivity index (χ1v) is 7.62. The predicted molar refractivity (Wildman–Crippen MR) is 81.3 cm³/mol. The summed E-state index contributed by atoms with van der Waals surface area (Å²) in [6, 6.07) is 7.39. The summed E-state index contributed by atoms with van der Waals surface area (Å²) in [6.07, 6.45) is 0.317. The molecule has 1 atom stereocenters. The van der Waals surface area contributed by atoms with Crippen LogP contribution in [0, 0.1) is 0 Å². The average Bonchev–Trinajstić information content (AvgIpc) is 2.40. The van der Waals surface area contributed by atoms with Gasteiger partial charge < -0.3 is 10.1 Å². The van der Waals surface area contributed by atoms with Crippen LogP contribution in [-0.4, -0.2) is 30.0 Å². The highest BCUT2D eigenvalue weighted by Gasteiger charge is 2.14. The first kappa shape index (κ1) is 16.0. The number of methoxy groups -OCH3 is 1. The van der Waals surface area contributed by atoms with Crippen LogP contribution in [0.15, 0.2) is 28.7 Å². The number of esters is 1. The number of anilines is 1. The second kappa shape index (κ2) is 8.22. The molecule has 0 aromatic heterocycles. The molecule has 0 unspecified atom stereocenters. The minimum Gasteiger partial charge on any atom is -0.469 e. The number of carbonyl (C=O) groups is 2. The molecule has 0 aliphatic rings. The van der Waals surface area contributed by atoms with Crippen molar-refractivity contribution in [1.82, 2.24) is 0 Å². The van der Waals surface area contributed by atoms with Gasteiger partial charge in [0.2, 0.25) is 5.91 Å². The first-order valence-electron chi connectivity index (χ1n) is 5.77. The number of thioether (sulfide) groups is 1. The highest BCUT2D eigenvalue weighted by molar-refractivity contribution is 9.10. The lowest BCUT2D eigenvalue weighted by Gasteiger charge is -2.11. The maximum Gasteiger partial charge on any atom is 0.306 e. The Kier molecular flexibility index (Phi) is 6.94.